The zero-order valence-electron chi connectivity index (χ0n) is 12.2. The summed E-state index contributed by atoms with van der Waals surface area (Å²) in [6.45, 7) is 2.21. The highest BCUT2D eigenvalue weighted by Crippen LogP contribution is 2.37. The smallest absolute Gasteiger partial charge is 0.198 e. The van der Waals surface area contributed by atoms with Crippen molar-refractivity contribution in [3.63, 3.8) is 0 Å². The van der Waals surface area contributed by atoms with Crippen molar-refractivity contribution in [2.75, 3.05) is 0 Å². The van der Waals surface area contributed by atoms with Crippen molar-refractivity contribution in [2.24, 2.45) is 11.8 Å². The Morgan fingerprint density at radius 2 is 2.10 bits per heavy atom. The molecule has 1 fully saturated rings. The summed E-state index contributed by atoms with van der Waals surface area (Å²) in [7, 11) is 0. The van der Waals surface area contributed by atoms with Gasteiger partial charge in [-0.2, -0.15) is 10.1 Å². The number of hydrogen-bond acceptors (Lipinski definition) is 4. The lowest BCUT2D eigenvalue weighted by Crippen LogP contribution is -2.28. The van der Waals surface area contributed by atoms with Crippen molar-refractivity contribution in [3.05, 3.63) is 30.3 Å². The van der Waals surface area contributed by atoms with Crippen LogP contribution in [-0.2, 0) is 0 Å². The Kier molecular flexibility index (Phi) is 3.96. The predicted molar refractivity (Wildman–Crippen MR) is 79.0 cm³/mol. The first-order chi connectivity index (χ1) is 10.3. The van der Waals surface area contributed by atoms with Gasteiger partial charge in [0.05, 0.1) is 18.0 Å². The lowest BCUT2D eigenvalue weighted by Gasteiger charge is -2.30. The lowest BCUT2D eigenvalue weighted by molar-refractivity contribution is 0.186. The second kappa shape index (κ2) is 6.04. The first kappa shape index (κ1) is 13.7. The van der Waals surface area contributed by atoms with Gasteiger partial charge >= 0.3 is 0 Å². The Bertz CT molecular complexity index is 628. The third kappa shape index (κ3) is 2.80. The molecule has 5 nitrogen and oxygen atoms in total. The van der Waals surface area contributed by atoms with E-state index in [1.54, 1.807) is 4.80 Å². The van der Waals surface area contributed by atoms with Gasteiger partial charge in [0.15, 0.2) is 0 Å². The summed E-state index contributed by atoms with van der Waals surface area (Å²) in [6.07, 6.45) is 4.18. The molecule has 21 heavy (non-hydrogen) atoms. The monoisotopic (exact) mass is 281 g/mol. The molecule has 0 radical (unpaired) electrons. The fourth-order valence-electron chi connectivity index (χ4n) is 3.08. The van der Waals surface area contributed by atoms with Gasteiger partial charge in [0, 0.05) is 5.56 Å². The van der Waals surface area contributed by atoms with E-state index < -0.39 is 0 Å². The number of hydrogen-bond donors (Lipinski definition) is 0. The van der Waals surface area contributed by atoms with Crippen LogP contribution in [0.25, 0.3) is 11.4 Å². The van der Waals surface area contributed by atoms with Gasteiger partial charge in [0.2, 0.25) is 5.82 Å². The van der Waals surface area contributed by atoms with Gasteiger partial charge in [-0.1, -0.05) is 43.7 Å². The van der Waals surface area contributed by atoms with Gasteiger partial charge < -0.3 is 0 Å². The molecule has 0 spiro atoms. The minimum absolute atomic E-state index is 0.00868. The minimum atomic E-state index is -0.00868. The van der Waals surface area contributed by atoms with Crippen LogP contribution in [0.1, 0.15) is 38.6 Å². The first-order valence-electron chi connectivity index (χ1n) is 7.56. The third-order valence-corrected chi connectivity index (χ3v) is 4.43. The normalized spacial score (nSPS) is 25.4. The second-order valence-electron chi connectivity index (χ2n) is 5.69. The van der Waals surface area contributed by atoms with Crippen LogP contribution >= 0.6 is 0 Å². The van der Waals surface area contributed by atoms with Crippen LogP contribution in [0.15, 0.2) is 30.3 Å². The largest absolute Gasteiger partial charge is 0.204 e. The van der Waals surface area contributed by atoms with Crippen molar-refractivity contribution in [1.82, 2.24) is 20.2 Å². The summed E-state index contributed by atoms with van der Waals surface area (Å²) in [6, 6.07) is 12.3. The van der Waals surface area contributed by atoms with Crippen LogP contribution in [0.4, 0.5) is 0 Å². The lowest BCUT2D eigenvalue weighted by atomic mass is 9.78. The average Bonchev–Trinajstić information content (AvgIpc) is 3.05. The summed E-state index contributed by atoms with van der Waals surface area (Å²) in [5.41, 5.74) is 0.958. The molecule has 1 saturated carbocycles. The Morgan fingerprint density at radius 1 is 1.29 bits per heavy atom. The fraction of sp³-hybridized carbons (Fsp3) is 0.500. The summed E-state index contributed by atoms with van der Waals surface area (Å²) in [5, 5.41) is 22.2. The summed E-state index contributed by atoms with van der Waals surface area (Å²) < 4.78 is 0. The predicted octanol–water partition coefficient (Wildman–Crippen LogP) is 3.23. The minimum Gasteiger partial charge on any atom is -0.198 e. The molecule has 0 amide bonds. The molecule has 0 aliphatic heterocycles. The number of nitriles is 1. The molecule has 1 aromatic heterocycles. The standard InChI is InChI=1S/C16H19N5/c1-2-12-8-9-14(11-17)15(10-12)21-19-16(18-20-21)13-6-4-3-5-7-13/h3-7,12,14-15H,2,8-10H2,1H3. The van der Waals surface area contributed by atoms with Crippen molar-refractivity contribution >= 4 is 0 Å². The molecule has 3 unspecified atom stereocenters. The maximum Gasteiger partial charge on any atom is 0.204 e. The maximum atomic E-state index is 9.37. The molecule has 0 N–H and O–H groups in total. The topological polar surface area (TPSA) is 67.4 Å². The van der Waals surface area contributed by atoms with E-state index in [9.17, 15) is 5.26 Å². The van der Waals surface area contributed by atoms with E-state index in [2.05, 4.69) is 28.4 Å². The van der Waals surface area contributed by atoms with Gasteiger partial charge in [-0.25, -0.2) is 0 Å². The van der Waals surface area contributed by atoms with Crippen molar-refractivity contribution in [2.45, 2.75) is 38.6 Å². The Balaban J connectivity index is 1.86. The summed E-state index contributed by atoms with van der Waals surface area (Å²) in [5.74, 6) is 1.28. The van der Waals surface area contributed by atoms with Gasteiger partial charge in [0.1, 0.15) is 0 Å². The Hall–Kier alpha value is -2.22. The van der Waals surface area contributed by atoms with Gasteiger partial charge in [-0.15, -0.1) is 10.2 Å². The number of rotatable bonds is 3. The molecule has 108 valence electrons. The third-order valence-electron chi connectivity index (χ3n) is 4.43. The molecule has 1 aromatic carbocycles. The highest BCUT2D eigenvalue weighted by Gasteiger charge is 2.32. The van der Waals surface area contributed by atoms with E-state index >= 15 is 0 Å². The second-order valence-corrected chi connectivity index (χ2v) is 5.69. The molecule has 2 aromatic rings. The molecule has 0 saturated heterocycles. The van der Waals surface area contributed by atoms with Gasteiger partial charge in [-0.3, -0.25) is 0 Å². The van der Waals surface area contributed by atoms with Crippen LogP contribution in [-0.4, -0.2) is 20.2 Å². The van der Waals surface area contributed by atoms with E-state index in [0.717, 1.165) is 31.2 Å². The molecule has 0 bridgehead atoms. The number of nitrogens with zero attached hydrogens (tertiary/aromatic N) is 5. The van der Waals surface area contributed by atoms with Gasteiger partial charge in [0.25, 0.3) is 0 Å². The van der Waals surface area contributed by atoms with E-state index in [-0.39, 0.29) is 12.0 Å². The van der Waals surface area contributed by atoms with Crippen molar-refractivity contribution in [3.8, 4) is 17.5 Å². The van der Waals surface area contributed by atoms with Crippen molar-refractivity contribution in [1.29, 1.82) is 5.26 Å². The molecular weight excluding hydrogens is 262 g/mol. The number of tetrazole rings is 1. The molecular formula is C16H19N5. The van der Waals surface area contributed by atoms with Gasteiger partial charge in [-0.05, 0) is 30.4 Å². The number of aromatic nitrogens is 4. The molecule has 1 heterocycles. The van der Waals surface area contributed by atoms with E-state index in [4.69, 9.17) is 0 Å². The number of benzene rings is 1. The summed E-state index contributed by atoms with van der Waals surface area (Å²) in [4.78, 5) is 1.66. The van der Waals surface area contributed by atoms with E-state index in [1.165, 1.54) is 0 Å². The molecule has 5 heteroatoms. The molecule has 3 atom stereocenters. The maximum absolute atomic E-state index is 9.37. The van der Waals surface area contributed by atoms with E-state index in [0.29, 0.717) is 11.7 Å². The SMILES string of the molecule is CCC1CCC(C#N)C(n2nnc(-c3ccccc3)n2)C1. The first-order valence-corrected chi connectivity index (χ1v) is 7.56. The van der Waals surface area contributed by atoms with Crippen LogP contribution < -0.4 is 0 Å². The quantitative estimate of drug-likeness (QED) is 0.866. The zero-order chi connectivity index (χ0) is 14.7. The summed E-state index contributed by atoms with van der Waals surface area (Å²) >= 11 is 0. The highest BCUT2D eigenvalue weighted by molar-refractivity contribution is 5.52. The van der Waals surface area contributed by atoms with Crippen LogP contribution in [0.5, 0.6) is 0 Å². The van der Waals surface area contributed by atoms with Crippen LogP contribution in [0.3, 0.4) is 0 Å². The van der Waals surface area contributed by atoms with Crippen molar-refractivity contribution < 1.29 is 0 Å². The Labute approximate surface area is 124 Å². The molecule has 1 aliphatic rings. The zero-order valence-corrected chi connectivity index (χ0v) is 12.2. The Morgan fingerprint density at radius 3 is 2.81 bits per heavy atom. The van der Waals surface area contributed by atoms with Crippen LogP contribution in [0, 0.1) is 23.2 Å². The molecule has 3 rings (SSSR count). The molecule has 1 aliphatic carbocycles. The van der Waals surface area contributed by atoms with Crippen LogP contribution in [0.2, 0.25) is 0 Å². The fourth-order valence-corrected chi connectivity index (χ4v) is 3.08. The van der Waals surface area contributed by atoms with E-state index in [1.807, 2.05) is 30.3 Å². The average molecular weight is 281 g/mol. The highest BCUT2D eigenvalue weighted by atomic mass is 15.6.